The number of ether oxygens (including phenoxy) is 1. The summed E-state index contributed by atoms with van der Waals surface area (Å²) in [5.41, 5.74) is 0. The first-order valence-corrected chi connectivity index (χ1v) is 10.7. The number of hydrogen-bond acceptors (Lipinski definition) is 5. The van der Waals surface area contributed by atoms with Gasteiger partial charge in [0, 0.05) is 19.3 Å². The standard InChI is InChI=1S/C18H28N2O4S/c1-3-19-14-15-8-11-20(12-9-15)18(21)10-13-24-16-4-6-17(7-5-16)25(2,22)23/h4-7,15,19H,3,8-14H2,1-2H3. The normalized spacial score (nSPS) is 16.0. The monoisotopic (exact) mass is 368 g/mol. The van der Waals surface area contributed by atoms with Gasteiger partial charge in [-0.2, -0.15) is 0 Å². The molecule has 140 valence electrons. The Balaban J connectivity index is 1.70. The minimum absolute atomic E-state index is 0.120. The molecule has 1 aliphatic rings. The summed E-state index contributed by atoms with van der Waals surface area (Å²) < 4.78 is 28.4. The van der Waals surface area contributed by atoms with Gasteiger partial charge in [-0.15, -0.1) is 0 Å². The van der Waals surface area contributed by atoms with Crippen LogP contribution in [0.5, 0.6) is 5.75 Å². The van der Waals surface area contributed by atoms with Crippen LogP contribution in [-0.2, 0) is 14.6 Å². The molecule has 1 aromatic carbocycles. The van der Waals surface area contributed by atoms with Crippen LogP contribution in [0.1, 0.15) is 26.2 Å². The van der Waals surface area contributed by atoms with Crippen molar-refractivity contribution in [2.24, 2.45) is 5.92 Å². The number of sulfone groups is 1. The second-order valence-electron chi connectivity index (χ2n) is 6.47. The van der Waals surface area contributed by atoms with E-state index in [9.17, 15) is 13.2 Å². The van der Waals surface area contributed by atoms with Crippen LogP contribution in [0.2, 0.25) is 0 Å². The molecule has 1 heterocycles. The van der Waals surface area contributed by atoms with E-state index in [-0.39, 0.29) is 10.8 Å². The largest absolute Gasteiger partial charge is 0.493 e. The van der Waals surface area contributed by atoms with Crippen LogP contribution in [0, 0.1) is 5.92 Å². The molecule has 7 heteroatoms. The topological polar surface area (TPSA) is 75.7 Å². The third-order valence-electron chi connectivity index (χ3n) is 4.49. The van der Waals surface area contributed by atoms with Gasteiger partial charge in [0.2, 0.25) is 5.91 Å². The zero-order chi connectivity index (χ0) is 18.3. The summed E-state index contributed by atoms with van der Waals surface area (Å²) in [6.45, 7) is 6.06. The zero-order valence-corrected chi connectivity index (χ0v) is 15.8. The van der Waals surface area contributed by atoms with Crippen molar-refractivity contribution < 1.29 is 17.9 Å². The summed E-state index contributed by atoms with van der Waals surface area (Å²) in [5, 5.41) is 3.37. The Morgan fingerprint density at radius 3 is 2.44 bits per heavy atom. The SMILES string of the molecule is CCNCC1CCN(C(=O)CCOc2ccc(S(C)(=O)=O)cc2)CC1. The minimum Gasteiger partial charge on any atom is -0.493 e. The molecular formula is C18H28N2O4S. The second kappa shape index (κ2) is 9.20. The Labute approximate surface area is 150 Å². The van der Waals surface area contributed by atoms with E-state index in [1.54, 1.807) is 12.1 Å². The summed E-state index contributed by atoms with van der Waals surface area (Å²) in [4.78, 5) is 14.4. The van der Waals surface area contributed by atoms with Gasteiger partial charge in [0.1, 0.15) is 5.75 Å². The third kappa shape index (κ3) is 6.32. The van der Waals surface area contributed by atoms with E-state index in [0.717, 1.165) is 39.0 Å². The molecule has 1 amide bonds. The predicted octanol–water partition coefficient (Wildman–Crippen LogP) is 1.71. The lowest BCUT2D eigenvalue weighted by molar-refractivity contribution is -0.133. The number of nitrogens with one attached hydrogen (secondary N) is 1. The fraction of sp³-hybridized carbons (Fsp3) is 0.611. The molecule has 0 radical (unpaired) electrons. The van der Waals surface area contributed by atoms with Crippen molar-refractivity contribution in [2.45, 2.75) is 31.1 Å². The molecule has 0 bridgehead atoms. The molecule has 0 aromatic heterocycles. The van der Waals surface area contributed by atoms with Crippen molar-refractivity contribution in [1.82, 2.24) is 10.2 Å². The quantitative estimate of drug-likeness (QED) is 0.756. The Morgan fingerprint density at radius 2 is 1.88 bits per heavy atom. The summed E-state index contributed by atoms with van der Waals surface area (Å²) >= 11 is 0. The number of nitrogens with zero attached hydrogens (tertiary/aromatic N) is 1. The zero-order valence-electron chi connectivity index (χ0n) is 15.0. The molecule has 0 atom stereocenters. The van der Waals surface area contributed by atoms with E-state index >= 15 is 0 Å². The molecule has 2 rings (SSSR count). The van der Waals surface area contributed by atoms with Gasteiger partial charge in [-0.3, -0.25) is 4.79 Å². The summed E-state index contributed by atoms with van der Waals surface area (Å²) in [5.74, 6) is 1.35. The minimum atomic E-state index is -3.20. The van der Waals surface area contributed by atoms with E-state index in [4.69, 9.17) is 4.74 Å². The maximum Gasteiger partial charge on any atom is 0.225 e. The average molecular weight is 368 g/mol. The molecule has 0 aliphatic carbocycles. The van der Waals surface area contributed by atoms with Crippen molar-refractivity contribution >= 4 is 15.7 Å². The van der Waals surface area contributed by atoms with Crippen molar-refractivity contribution in [2.75, 3.05) is 39.0 Å². The highest BCUT2D eigenvalue weighted by atomic mass is 32.2. The molecule has 6 nitrogen and oxygen atoms in total. The van der Waals surface area contributed by atoms with E-state index < -0.39 is 9.84 Å². The van der Waals surface area contributed by atoms with Gasteiger partial charge < -0.3 is 15.0 Å². The van der Waals surface area contributed by atoms with Crippen molar-refractivity contribution in [3.63, 3.8) is 0 Å². The van der Waals surface area contributed by atoms with E-state index in [0.29, 0.717) is 24.7 Å². The Morgan fingerprint density at radius 1 is 1.24 bits per heavy atom. The molecule has 0 unspecified atom stereocenters. The molecule has 1 fully saturated rings. The molecule has 1 aromatic rings. The number of hydrogen-bond donors (Lipinski definition) is 1. The van der Waals surface area contributed by atoms with Crippen LogP contribution in [-0.4, -0.2) is 58.3 Å². The molecule has 0 saturated carbocycles. The second-order valence-corrected chi connectivity index (χ2v) is 8.49. The smallest absolute Gasteiger partial charge is 0.225 e. The van der Waals surface area contributed by atoms with Gasteiger partial charge in [-0.1, -0.05) is 6.92 Å². The number of amides is 1. The van der Waals surface area contributed by atoms with Gasteiger partial charge in [-0.25, -0.2) is 8.42 Å². The lowest BCUT2D eigenvalue weighted by Gasteiger charge is -2.32. The van der Waals surface area contributed by atoms with E-state index in [1.807, 2.05) is 4.90 Å². The lowest BCUT2D eigenvalue weighted by Crippen LogP contribution is -2.41. The molecule has 1 saturated heterocycles. The van der Waals surface area contributed by atoms with Crippen LogP contribution in [0.4, 0.5) is 0 Å². The van der Waals surface area contributed by atoms with Crippen LogP contribution < -0.4 is 10.1 Å². The van der Waals surface area contributed by atoms with Gasteiger partial charge in [0.15, 0.2) is 9.84 Å². The van der Waals surface area contributed by atoms with Crippen LogP contribution in [0.15, 0.2) is 29.2 Å². The summed E-state index contributed by atoms with van der Waals surface area (Å²) in [7, 11) is -3.20. The highest BCUT2D eigenvalue weighted by Crippen LogP contribution is 2.18. The fourth-order valence-corrected chi connectivity index (χ4v) is 3.56. The predicted molar refractivity (Wildman–Crippen MR) is 97.5 cm³/mol. The van der Waals surface area contributed by atoms with E-state index in [2.05, 4.69) is 12.2 Å². The number of carbonyl (C=O) groups excluding carboxylic acids is 1. The highest BCUT2D eigenvalue weighted by Gasteiger charge is 2.22. The number of likely N-dealkylation sites (tertiary alicyclic amines) is 1. The maximum atomic E-state index is 12.2. The van der Waals surface area contributed by atoms with Gasteiger partial charge in [0.25, 0.3) is 0 Å². The molecule has 1 N–H and O–H groups in total. The van der Waals surface area contributed by atoms with Crippen LogP contribution in [0.3, 0.4) is 0 Å². The number of rotatable bonds is 8. The van der Waals surface area contributed by atoms with Crippen molar-refractivity contribution in [1.29, 1.82) is 0 Å². The fourth-order valence-electron chi connectivity index (χ4n) is 2.93. The molecular weight excluding hydrogens is 340 g/mol. The Kier molecular flexibility index (Phi) is 7.25. The first-order valence-electron chi connectivity index (χ1n) is 8.81. The van der Waals surface area contributed by atoms with E-state index in [1.165, 1.54) is 18.4 Å². The first kappa shape index (κ1) is 19.7. The van der Waals surface area contributed by atoms with Crippen molar-refractivity contribution in [3.8, 4) is 5.75 Å². The van der Waals surface area contributed by atoms with Gasteiger partial charge >= 0.3 is 0 Å². The summed E-state index contributed by atoms with van der Waals surface area (Å²) in [6, 6.07) is 6.27. The number of piperidine rings is 1. The van der Waals surface area contributed by atoms with Gasteiger partial charge in [0.05, 0.1) is 17.9 Å². The molecule has 0 spiro atoms. The van der Waals surface area contributed by atoms with Gasteiger partial charge in [-0.05, 0) is 56.1 Å². The number of benzene rings is 1. The van der Waals surface area contributed by atoms with Crippen LogP contribution in [0.25, 0.3) is 0 Å². The highest BCUT2D eigenvalue weighted by molar-refractivity contribution is 7.90. The third-order valence-corrected chi connectivity index (χ3v) is 5.62. The first-order chi connectivity index (χ1) is 11.9. The average Bonchev–Trinajstić information content (AvgIpc) is 2.60. The summed E-state index contributed by atoms with van der Waals surface area (Å²) in [6.07, 6.45) is 3.60. The number of carbonyl (C=O) groups is 1. The van der Waals surface area contributed by atoms with Crippen LogP contribution >= 0.6 is 0 Å². The molecule has 25 heavy (non-hydrogen) atoms. The maximum absolute atomic E-state index is 12.2. The Bertz CT molecular complexity index is 650. The lowest BCUT2D eigenvalue weighted by atomic mass is 9.96. The molecule has 1 aliphatic heterocycles. The van der Waals surface area contributed by atoms with Crippen molar-refractivity contribution in [3.05, 3.63) is 24.3 Å². The Hall–Kier alpha value is -1.60.